The summed E-state index contributed by atoms with van der Waals surface area (Å²) < 4.78 is 14.5. The Morgan fingerprint density at radius 2 is 1.92 bits per heavy atom. The maximum atomic E-state index is 9.45. The quantitative estimate of drug-likeness (QED) is 0.503. The van der Waals surface area contributed by atoms with Crippen molar-refractivity contribution in [2.45, 2.75) is 18.6 Å². The first-order chi connectivity index (χ1) is 6.26. The van der Waals surface area contributed by atoms with Crippen LogP contribution < -0.4 is 0 Å². The molecule has 0 aliphatic rings. The van der Waals surface area contributed by atoms with Crippen LogP contribution in [0, 0.1) is 0 Å². The van der Waals surface area contributed by atoms with Gasteiger partial charge in [0.25, 0.3) is 0 Å². The molecule has 2 atom stereocenters. The topological polar surface area (TPSA) is 68.2 Å². The van der Waals surface area contributed by atoms with Gasteiger partial charge in [0.2, 0.25) is 0 Å². The molecule has 0 rings (SSSR count). The van der Waals surface area contributed by atoms with Gasteiger partial charge in [0.15, 0.2) is 0 Å². The predicted octanol–water partition coefficient (Wildman–Crippen LogP) is -0.635. The minimum atomic E-state index is -0.722. The zero-order valence-corrected chi connectivity index (χ0v) is 8.10. The minimum absolute atomic E-state index is 0.0648. The van der Waals surface area contributed by atoms with E-state index in [2.05, 4.69) is 4.74 Å². The highest BCUT2D eigenvalue weighted by molar-refractivity contribution is 4.67. The van der Waals surface area contributed by atoms with Crippen molar-refractivity contribution in [1.29, 1.82) is 0 Å². The summed E-state index contributed by atoms with van der Waals surface area (Å²) in [7, 11) is 3.03. The Morgan fingerprint density at radius 1 is 1.23 bits per heavy atom. The first-order valence-corrected chi connectivity index (χ1v) is 4.14. The molecule has 0 spiro atoms. The van der Waals surface area contributed by atoms with E-state index in [9.17, 15) is 5.11 Å². The summed E-state index contributed by atoms with van der Waals surface area (Å²) in [6.07, 6.45) is -0.888. The molecule has 2 N–H and O–H groups in total. The molecule has 0 bridgehead atoms. The van der Waals surface area contributed by atoms with Crippen LogP contribution in [-0.2, 0) is 14.2 Å². The number of hydrogen-bond donors (Lipinski definition) is 2. The highest BCUT2D eigenvalue weighted by Crippen LogP contribution is 2.03. The molecule has 0 amide bonds. The zero-order chi connectivity index (χ0) is 10.1. The van der Waals surface area contributed by atoms with Crippen LogP contribution in [0.5, 0.6) is 0 Å². The highest BCUT2D eigenvalue weighted by atomic mass is 16.7. The molecule has 0 aliphatic carbocycles. The van der Waals surface area contributed by atoms with Gasteiger partial charge >= 0.3 is 0 Å². The highest BCUT2D eigenvalue weighted by Gasteiger charge is 2.18. The van der Waals surface area contributed by atoms with Crippen LogP contribution in [0.15, 0.2) is 0 Å². The van der Waals surface area contributed by atoms with Crippen LogP contribution in [0.2, 0.25) is 0 Å². The van der Waals surface area contributed by atoms with E-state index in [-0.39, 0.29) is 13.4 Å². The van der Waals surface area contributed by atoms with Gasteiger partial charge in [0, 0.05) is 20.8 Å². The van der Waals surface area contributed by atoms with Crippen molar-refractivity contribution < 1.29 is 24.4 Å². The molecule has 0 radical (unpaired) electrons. The lowest BCUT2D eigenvalue weighted by molar-refractivity contribution is -0.130. The molecule has 0 aromatic heterocycles. The average Bonchev–Trinajstić information content (AvgIpc) is 2.16. The van der Waals surface area contributed by atoms with Crippen LogP contribution in [0.25, 0.3) is 0 Å². The summed E-state index contributed by atoms with van der Waals surface area (Å²) in [5.41, 5.74) is 0. The molecule has 0 heterocycles. The maximum Gasteiger partial charge on any atom is 0.146 e. The normalized spacial score (nSPS) is 15.7. The SMILES string of the molecule is COCCC(O)C(CO)OCOC. The van der Waals surface area contributed by atoms with E-state index in [4.69, 9.17) is 14.6 Å². The first-order valence-electron chi connectivity index (χ1n) is 4.14. The fourth-order valence-electron chi connectivity index (χ4n) is 0.865. The smallest absolute Gasteiger partial charge is 0.146 e. The standard InChI is InChI=1S/C8H18O5/c1-11-4-3-7(10)8(5-9)13-6-12-2/h7-10H,3-6H2,1-2H3. The van der Waals surface area contributed by atoms with Crippen molar-refractivity contribution in [3.05, 3.63) is 0 Å². The Labute approximate surface area is 78.2 Å². The number of rotatable bonds is 8. The third kappa shape index (κ3) is 5.95. The Kier molecular flexibility index (Phi) is 8.27. The Hall–Kier alpha value is -0.200. The number of methoxy groups -OCH3 is 2. The number of aliphatic hydroxyl groups is 2. The van der Waals surface area contributed by atoms with Gasteiger partial charge in [0.1, 0.15) is 12.9 Å². The molecule has 0 saturated carbocycles. The zero-order valence-electron chi connectivity index (χ0n) is 8.10. The molecule has 5 nitrogen and oxygen atoms in total. The molecule has 80 valence electrons. The van der Waals surface area contributed by atoms with Crippen LogP contribution in [0.1, 0.15) is 6.42 Å². The van der Waals surface area contributed by atoms with Crippen LogP contribution in [-0.4, -0.2) is 56.6 Å². The fraction of sp³-hybridized carbons (Fsp3) is 1.00. The van der Waals surface area contributed by atoms with Gasteiger partial charge in [-0.1, -0.05) is 0 Å². The molecule has 0 saturated heterocycles. The molecule has 0 aromatic rings. The lowest BCUT2D eigenvalue weighted by Gasteiger charge is -2.20. The fourth-order valence-corrected chi connectivity index (χ4v) is 0.865. The molecule has 0 aliphatic heterocycles. The molecular weight excluding hydrogens is 176 g/mol. The van der Waals surface area contributed by atoms with Crippen molar-refractivity contribution in [1.82, 2.24) is 0 Å². The third-order valence-electron chi connectivity index (χ3n) is 1.63. The molecule has 5 heteroatoms. The van der Waals surface area contributed by atoms with Crippen molar-refractivity contribution in [2.24, 2.45) is 0 Å². The number of hydrogen-bond acceptors (Lipinski definition) is 5. The number of ether oxygens (including phenoxy) is 3. The largest absolute Gasteiger partial charge is 0.394 e. The van der Waals surface area contributed by atoms with Crippen molar-refractivity contribution in [3.63, 3.8) is 0 Å². The van der Waals surface area contributed by atoms with Crippen LogP contribution >= 0.6 is 0 Å². The second kappa shape index (κ2) is 8.40. The molecule has 0 fully saturated rings. The van der Waals surface area contributed by atoms with Crippen LogP contribution in [0.4, 0.5) is 0 Å². The second-order valence-corrected chi connectivity index (χ2v) is 2.64. The van der Waals surface area contributed by atoms with Crippen LogP contribution in [0.3, 0.4) is 0 Å². The van der Waals surface area contributed by atoms with Gasteiger partial charge < -0.3 is 24.4 Å². The van der Waals surface area contributed by atoms with Gasteiger partial charge in [-0.3, -0.25) is 0 Å². The van der Waals surface area contributed by atoms with E-state index in [0.717, 1.165) is 0 Å². The lowest BCUT2D eigenvalue weighted by atomic mass is 10.1. The van der Waals surface area contributed by atoms with Gasteiger partial charge in [-0.05, 0) is 6.42 Å². The summed E-state index contributed by atoms with van der Waals surface area (Å²) in [5.74, 6) is 0. The maximum absolute atomic E-state index is 9.45. The summed E-state index contributed by atoms with van der Waals surface area (Å²) in [4.78, 5) is 0. The summed E-state index contributed by atoms with van der Waals surface area (Å²) in [6, 6.07) is 0. The Balaban J connectivity index is 3.63. The van der Waals surface area contributed by atoms with E-state index in [1.54, 1.807) is 7.11 Å². The van der Waals surface area contributed by atoms with Gasteiger partial charge in [0.05, 0.1) is 12.7 Å². The lowest BCUT2D eigenvalue weighted by Crippen LogP contribution is -2.33. The van der Waals surface area contributed by atoms with Gasteiger partial charge in [-0.2, -0.15) is 0 Å². The summed E-state index contributed by atoms with van der Waals surface area (Å²) in [5, 5.41) is 18.3. The Bertz CT molecular complexity index is 109. The summed E-state index contributed by atoms with van der Waals surface area (Å²) >= 11 is 0. The van der Waals surface area contributed by atoms with Gasteiger partial charge in [-0.25, -0.2) is 0 Å². The number of aliphatic hydroxyl groups excluding tert-OH is 2. The molecule has 2 unspecified atom stereocenters. The average molecular weight is 194 g/mol. The predicted molar refractivity (Wildman–Crippen MR) is 46.3 cm³/mol. The first kappa shape index (κ1) is 12.8. The Morgan fingerprint density at radius 3 is 2.38 bits per heavy atom. The molecule has 13 heavy (non-hydrogen) atoms. The van der Waals surface area contributed by atoms with Crippen molar-refractivity contribution >= 4 is 0 Å². The second-order valence-electron chi connectivity index (χ2n) is 2.64. The van der Waals surface area contributed by atoms with E-state index in [0.29, 0.717) is 13.0 Å². The molecule has 0 aromatic carbocycles. The van der Waals surface area contributed by atoms with Gasteiger partial charge in [-0.15, -0.1) is 0 Å². The summed E-state index contributed by atoms with van der Waals surface area (Å²) in [6.45, 7) is 0.275. The van der Waals surface area contributed by atoms with Crippen molar-refractivity contribution in [2.75, 3.05) is 34.2 Å². The van der Waals surface area contributed by atoms with E-state index < -0.39 is 12.2 Å². The minimum Gasteiger partial charge on any atom is -0.394 e. The van der Waals surface area contributed by atoms with E-state index >= 15 is 0 Å². The molecular formula is C8H18O5. The van der Waals surface area contributed by atoms with E-state index in [1.165, 1.54) is 7.11 Å². The van der Waals surface area contributed by atoms with Crippen molar-refractivity contribution in [3.8, 4) is 0 Å². The monoisotopic (exact) mass is 194 g/mol. The third-order valence-corrected chi connectivity index (χ3v) is 1.63. The van der Waals surface area contributed by atoms with E-state index in [1.807, 2.05) is 0 Å².